The quantitative estimate of drug-likeness (QED) is 0.315. The second-order valence-corrected chi connectivity index (χ2v) is 10.7. The van der Waals surface area contributed by atoms with Gasteiger partial charge in [-0.15, -0.1) is 0 Å². The standard InChI is InChI=1S/C31H41F2N3O4/c1-5-8-36(9-6-2)29(38)23-11-20(3)16-31(17-23,30(34)39)26(14-22-12-24(32)15-25(33)13-22)27(37)18-35-19-28-21(4)7-10-40-28/h7,10-13,15-16,26-27,35,37H,5-6,8-9,14,17-19H2,1-4H3,(H2,34,39)/t26-,27+,31?/m1/s1. The highest BCUT2D eigenvalue weighted by Crippen LogP contribution is 2.44. The third-order valence-corrected chi connectivity index (χ3v) is 7.49. The number of halogens is 2. The lowest BCUT2D eigenvalue weighted by atomic mass is 9.63. The molecular weight excluding hydrogens is 516 g/mol. The van der Waals surface area contributed by atoms with Gasteiger partial charge in [0.05, 0.1) is 24.3 Å². The van der Waals surface area contributed by atoms with Gasteiger partial charge in [0.15, 0.2) is 0 Å². The molecule has 218 valence electrons. The number of allylic oxidation sites excluding steroid dienone is 2. The van der Waals surface area contributed by atoms with Gasteiger partial charge >= 0.3 is 0 Å². The Hall–Kier alpha value is -3.30. The fourth-order valence-electron chi connectivity index (χ4n) is 5.62. The van der Waals surface area contributed by atoms with Crippen LogP contribution in [0.5, 0.6) is 0 Å². The van der Waals surface area contributed by atoms with Crippen LogP contribution in [0.3, 0.4) is 0 Å². The number of aryl methyl sites for hydroxylation is 1. The van der Waals surface area contributed by atoms with Crippen molar-refractivity contribution in [2.45, 2.75) is 66.0 Å². The van der Waals surface area contributed by atoms with Crippen LogP contribution in [0.4, 0.5) is 8.78 Å². The van der Waals surface area contributed by atoms with Crippen molar-refractivity contribution in [3.63, 3.8) is 0 Å². The highest BCUT2D eigenvalue weighted by Gasteiger charge is 2.48. The molecule has 40 heavy (non-hydrogen) atoms. The fraction of sp³-hybridized carbons (Fsp3) is 0.484. The molecule has 1 aromatic heterocycles. The number of rotatable bonds is 14. The number of aliphatic hydroxyl groups is 1. The van der Waals surface area contributed by atoms with Crippen LogP contribution >= 0.6 is 0 Å². The maximum absolute atomic E-state index is 14.1. The zero-order chi connectivity index (χ0) is 29.4. The van der Waals surface area contributed by atoms with Gasteiger partial charge in [-0.3, -0.25) is 9.59 Å². The van der Waals surface area contributed by atoms with Crippen LogP contribution in [0.15, 0.2) is 58.2 Å². The summed E-state index contributed by atoms with van der Waals surface area (Å²) in [7, 11) is 0. The highest BCUT2D eigenvalue weighted by atomic mass is 19.1. The molecule has 0 aliphatic heterocycles. The topological polar surface area (TPSA) is 109 Å². The largest absolute Gasteiger partial charge is 0.468 e. The lowest BCUT2D eigenvalue weighted by molar-refractivity contribution is -0.132. The predicted molar refractivity (Wildman–Crippen MR) is 150 cm³/mol. The molecule has 1 heterocycles. The first-order chi connectivity index (χ1) is 19.0. The van der Waals surface area contributed by atoms with Crippen molar-refractivity contribution in [2.75, 3.05) is 19.6 Å². The van der Waals surface area contributed by atoms with Crippen LogP contribution in [0.25, 0.3) is 0 Å². The number of nitrogens with zero attached hydrogens (tertiary/aromatic N) is 1. The second kappa shape index (κ2) is 13.9. The molecule has 2 aromatic rings. The van der Waals surface area contributed by atoms with E-state index >= 15 is 0 Å². The van der Waals surface area contributed by atoms with E-state index < -0.39 is 35.0 Å². The molecule has 4 N–H and O–H groups in total. The summed E-state index contributed by atoms with van der Waals surface area (Å²) in [6, 6.07) is 4.97. The lowest BCUT2D eigenvalue weighted by Gasteiger charge is -2.42. The monoisotopic (exact) mass is 557 g/mol. The van der Waals surface area contributed by atoms with E-state index in [1.807, 2.05) is 26.8 Å². The maximum Gasteiger partial charge on any atom is 0.249 e. The number of amides is 2. The van der Waals surface area contributed by atoms with E-state index in [0.717, 1.165) is 24.5 Å². The van der Waals surface area contributed by atoms with E-state index in [1.54, 1.807) is 30.2 Å². The number of hydrogen-bond acceptors (Lipinski definition) is 5. The van der Waals surface area contributed by atoms with Gasteiger partial charge in [0, 0.05) is 37.2 Å². The van der Waals surface area contributed by atoms with Crippen molar-refractivity contribution in [3.05, 3.63) is 82.3 Å². The number of hydrogen-bond donors (Lipinski definition) is 3. The first-order valence-corrected chi connectivity index (χ1v) is 13.9. The summed E-state index contributed by atoms with van der Waals surface area (Å²) in [4.78, 5) is 28.7. The molecular formula is C31H41F2N3O4. The minimum Gasteiger partial charge on any atom is -0.468 e. The zero-order valence-corrected chi connectivity index (χ0v) is 23.8. The number of carbonyl (C=O) groups is 2. The molecule has 0 saturated heterocycles. The van der Waals surface area contributed by atoms with Gasteiger partial charge in [0.2, 0.25) is 11.8 Å². The summed E-state index contributed by atoms with van der Waals surface area (Å²) in [6.07, 6.45) is 5.35. The summed E-state index contributed by atoms with van der Waals surface area (Å²) >= 11 is 0. The summed E-state index contributed by atoms with van der Waals surface area (Å²) in [5.41, 5.74) is 6.89. The van der Waals surface area contributed by atoms with Crippen LogP contribution in [-0.4, -0.2) is 47.6 Å². The Morgan fingerprint density at radius 2 is 1.80 bits per heavy atom. The summed E-state index contributed by atoms with van der Waals surface area (Å²) in [5.74, 6) is -2.61. The molecule has 1 unspecified atom stereocenters. The number of carbonyl (C=O) groups excluding carboxylic acids is 2. The number of primary amides is 1. The van der Waals surface area contributed by atoms with Gasteiger partial charge in [0.1, 0.15) is 17.4 Å². The Labute approximate surface area is 235 Å². The van der Waals surface area contributed by atoms with E-state index in [-0.39, 0.29) is 30.9 Å². The van der Waals surface area contributed by atoms with E-state index in [2.05, 4.69) is 5.32 Å². The van der Waals surface area contributed by atoms with Gasteiger partial charge in [-0.2, -0.15) is 0 Å². The van der Waals surface area contributed by atoms with Crippen molar-refractivity contribution >= 4 is 11.8 Å². The molecule has 0 radical (unpaired) electrons. The van der Waals surface area contributed by atoms with E-state index in [9.17, 15) is 23.5 Å². The predicted octanol–water partition coefficient (Wildman–Crippen LogP) is 4.57. The molecule has 1 aromatic carbocycles. The van der Waals surface area contributed by atoms with Gasteiger partial charge in [-0.05, 0) is 68.9 Å². The van der Waals surface area contributed by atoms with E-state index in [4.69, 9.17) is 10.2 Å². The van der Waals surface area contributed by atoms with Crippen molar-refractivity contribution in [3.8, 4) is 0 Å². The van der Waals surface area contributed by atoms with Gasteiger partial charge in [-0.1, -0.05) is 31.6 Å². The fourth-order valence-corrected chi connectivity index (χ4v) is 5.62. The first-order valence-electron chi connectivity index (χ1n) is 13.9. The average Bonchev–Trinajstić information content (AvgIpc) is 3.29. The molecule has 2 amide bonds. The molecule has 0 saturated carbocycles. The normalized spacial score (nSPS) is 18.6. The average molecular weight is 558 g/mol. The Bertz CT molecular complexity index is 1230. The molecule has 0 bridgehead atoms. The van der Waals surface area contributed by atoms with Crippen LogP contribution in [0.1, 0.15) is 56.9 Å². The molecule has 1 aliphatic carbocycles. The number of benzene rings is 1. The lowest BCUT2D eigenvalue weighted by Crippen LogP contribution is -2.51. The minimum atomic E-state index is -1.47. The number of aliphatic hydroxyl groups excluding tert-OH is 1. The number of furan rings is 1. The van der Waals surface area contributed by atoms with Crippen molar-refractivity contribution in [2.24, 2.45) is 17.1 Å². The molecule has 9 heteroatoms. The SMILES string of the molecule is CCCN(CCC)C(=O)C1=CC(C)=CC(C(N)=O)([C@H](Cc2cc(F)cc(F)c2)[C@@H](O)CNCc2occc2C)C1. The summed E-state index contributed by atoms with van der Waals surface area (Å²) < 4.78 is 33.8. The molecule has 0 fully saturated rings. The van der Waals surface area contributed by atoms with Gasteiger partial charge < -0.3 is 25.5 Å². The minimum absolute atomic E-state index is 0.0285. The number of nitrogens with two attached hydrogens (primary N) is 1. The van der Waals surface area contributed by atoms with Crippen LogP contribution in [0, 0.1) is 29.9 Å². The van der Waals surface area contributed by atoms with E-state index in [0.29, 0.717) is 36.5 Å². The van der Waals surface area contributed by atoms with E-state index in [1.165, 1.54) is 12.1 Å². The Morgan fingerprint density at radius 3 is 2.35 bits per heavy atom. The third kappa shape index (κ3) is 7.46. The Balaban J connectivity index is 1.99. The van der Waals surface area contributed by atoms with Crippen LogP contribution in [-0.2, 0) is 22.6 Å². The molecule has 0 spiro atoms. The maximum atomic E-state index is 14.1. The Kier molecular flexibility index (Phi) is 10.8. The second-order valence-electron chi connectivity index (χ2n) is 10.7. The smallest absolute Gasteiger partial charge is 0.249 e. The van der Waals surface area contributed by atoms with Crippen molar-refractivity contribution in [1.82, 2.24) is 10.2 Å². The van der Waals surface area contributed by atoms with Crippen molar-refractivity contribution in [1.29, 1.82) is 0 Å². The van der Waals surface area contributed by atoms with Crippen LogP contribution < -0.4 is 11.1 Å². The van der Waals surface area contributed by atoms with Gasteiger partial charge in [0.25, 0.3) is 0 Å². The summed E-state index contributed by atoms with van der Waals surface area (Å²) in [5, 5.41) is 14.7. The molecule has 3 atom stereocenters. The molecule has 7 nitrogen and oxygen atoms in total. The first kappa shape index (κ1) is 31.2. The van der Waals surface area contributed by atoms with Gasteiger partial charge in [-0.25, -0.2) is 8.78 Å². The van der Waals surface area contributed by atoms with Crippen LogP contribution in [0.2, 0.25) is 0 Å². The summed E-state index contributed by atoms with van der Waals surface area (Å²) in [6.45, 7) is 9.19. The molecule has 1 aliphatic rings. The highest BCUT2D eigenvalue weighted by molar-refractivity contribution is 5.96. The molecule has 3 rings (SSSR count). The zero-order valence-electron chi connectivity index (χ0n) is 23.8. The van der Waals surface area contributed by atoms with Crippen molar-refractivity contribution < 1.29 is 27.9 Å². The third-order valence-electron chi connectivity index (χ3n) is 7.49. The number of nitrogens with one attached hydrogen (secondary N) is 1. The Morgan fingerprint density at radius 1 is 1.15 bits per heavy atom.